The van der Waals surface area contributed by atoms with Crippen LogP contribution in [0, 0.1) is 0 Å². The number of unbranched alkanes of at least 4 members (excludes halogenated alkanes) is 2. The molecule has 0 saturated carbocycles. The van der Waals surface area contributed by atoms with E-state index in [0.29, 0.717) is 12.6 Å². The van der Waals surface area contributed by atoms with Crippen molar-refractivity contribution in [2.75, 3.05) is 26.3 Å². The summed E-state index contributed by atoms with van der Waals surface area (Å²) in [4.78, 5) is 11.5. The molecule has 1 aliphatic rings. The van der Waals surface area contributed by atoms with E-state index in [2.05, 4.69) is 17.6 Å². The van der Waals surface area contributed by atoms with Gasteiger partial charge in [0.2, 0.25) is 5.91 Å². The second-order valence-corrected chi connectivity index (χ2v) is 4.35. The van der Waals surface area contributed by atoms with Gasteiger partial charge in [0.15, 0.2) is 0 Å². The summed E-state index contributed by atoms with van der Waals surface area (Å²) in [5, 5.41) is 6.28. The number of amides is 1. The molecule has 4 heteroatoms. The van der Waals surface area contributed by atoms with E-state index >= 15 is 0 Å². The van der Waals surface area contributed by atoms with Crippen molar-refractivity contribution in [2.24, 2.45) is 0 Å². The van der Waals surface area contributed by atoms with Crippen LogP contribution in [0.25, 0.3) is 0 Å². The lowest BCUT2D eigenvalue weighted by Gasteiger charge is -2.23. The molecular weight excluding hydrogens is 204 g/mol. The largest absolute Gasteiger partial charge is 0.372 e. The predicted octanol–water partition coefficient (Wildman–Crippen LogP) is 1.06. The van der Waals surface area contributed by atoms with Crippen LogP contribution in [-0.4, -0.2) is 38.3 Å². The fourth-order valence-corrected chi connectivity index (χ4v) is 1.85. The molecule has 94 valence electrons. The summed E-state index contributed by atoms with van der Waals surface area (Å²) in [6.45, 7) is 5.08. The molecule has 1 fully saturated rings. The first-order valence-corrected chi connectivity index (χ1v) is 6.40. The lowest BCUT2D eigenvalue weighted by molar-refractivity contribution is -0.126. The first kappa shape index (κ1) is 13.5. The SMILES string of the molecule is CCCCCOCC(=O)NC1CCNCC1. The molecule has 4 nitrogen and oxygen atoms in total. The summed E-state index contributed by atoms with van der Waals surface area (Å²) >= 11 is 0. The molecule has 0 aromatic rings. The molecule has 0 atom stereocenters. The zero-order valence-corrected chi connectivity index (χ0v) is 10.3. The number of hydrogen-bond acceptors (Lipinski definition) is 3. The molecule has 1 heterocycles. The van der Waals surface area contributed by atoms with E-state index in [0.717, 1.165) is 32.4 Å². The highest BCUT2D eigenvalue weighted by atomic mass is 16.5. The van der Waals surface area contributed by atoms with Gasteiger partial charge >= 0.3 is 0 Å². The molecule has 0 aliphatic carbocycles. The van der Waals surface area contributed by atoms with Crippen LogP contribution in [0.5, 0.6) is 0 Å². The number of rotatable bonds is 7. The molecule has 16 heavy (non-hydrogen) atoms. The topological polar surface area (TPSA) is 50.4 Å². The Balaban J connectivity index is 1.97. The Kier molecular flexibility index (Phi) is 7.17. The van der Waals surface area contributed by atoms with E-state index in [-0.39, 0.29) is 12.5 Å². The molecular formula is C12H24N2O2. The summed E-state index contributed by atoms with van der Waals surface area (Å²) < 4.78 is 5.31. The summed E-state index contributed by atoms with van der Waals surface area (Å²) in [6.07, 6.45) is 5.47. The average Bonchev–Trinajstić information content (AvgIpc) is 2.30. The fraction of sp³-hybridized carbons (Fsp3) is 0.917. The number of nitrogens with one attached hydrogen (secondary N) is 2. The third kappa shape index (κ3) is 6.08. The van der Waals surface area contributed by atoms with Crippen molar-refractivity contribution < 1.29 is 9.53 Å². The Morgan fingerprint density at radius 1 is 1.38 bits per heavy atom. The van der Waals surface area contributed by atoms with E-state index in [1.165, 1.54) is 12.8 Å². The van der Waals surface area contributed by atoms with Crippen molar-refractivity contribution in [2.45, 2.75) is 45.1 Å². The van der Waals surface area contributed by atoms with Gasteiger partial charge < -0.3 is 15.4 Å². The standard InChI is InChI=1S/C12H24N2O2/c1-2-3-4-9-16-10-12(15)14-11-5-7-13-8-6-11/h11,13H,2-10H2,1H3,(H,14,15). The molecule has 2 N–H and O–H groups in total. The third-order valence-corrected chi connectivity index (χ3v) is 2.83. The molecule has 0 spiro atoms. The van der Waals surface area contributed by atoms with Crippen molar-refractivity contribution >= 4 is 5.91 Å². The molecule has 0 unspecified atom stereocenters. The Morgan fingerprint density at radius 3 is 2.81 bits per heavy atom. The van der Waals surface area contributed by atoms with Gasteiger partial charge in [-0.15, -0.1) is 0 Å². The zero-order chi connectivity index (χ0) is 11.6. The molecule has 1 amide bonds. The van der Waals surface area contributed by atoms with E-state index in [4.69, 9.17) is 4.74 Å². The minimum Gasteiger partial charge on any atom is -0.372 e. The number of hydrogen-bond donors (Lipinski definition) is 2. The molecule has 0 aromatic heterocycles. The van der Waals surface area contributed by atoms with E-state index in [9.17, 15) is 4.79 Å². The Bertz CT molecular complexity index is 191. The Morgan fingerprint density at radius 2 is 2.12 bits per heavy atom. The van der Waals surface area contributed by atoms with Gasteiger partial charge in [-0.1, -0.05) is 19.8 Å². The van der Waals surface area contributed by atoms with Crippen LogP contribution in [0.1, 0.15) is 39.0 Å². The van der Waals surface area contributed by atoms with E-state index in [1.807, 2.05) is 0 Å². The highest BCUT2D eigenvalue weighted by Crippen LogP contribution is 2.01. The van der Waals surface area contributed by atoms with Crippen LogP contribution < -0.4 is 10.6 Å². The van der Waals surface area contributed by atoms with Crippen LogP contribution in [0.2, 0.25) is 0 Å². The first-order valence-electron chi connectivity index (χ1n) is 6.40. The summed E-state index contributed by atoms with van der Waals surface area (Å²) in [6, 6.07) is 0.341. The van der Waals surface area contributed by atoms with Crippen molar-refractivity contribution in [3.05, 3.63) is 0 Å². The second-order valence-electron chi connectivity index (χ2n) is 4.35. The predicted molar refractivity (Wildman–Crippen MR) is 64.4 cm³/mol. The first-order chi connectivity index (χ1) is 7.83. The van der Waals surface area contributed by atoms with Gasteiger partial charge in [0, 0.05) is 12.6 Å². The maximum atomic E-state index is 11.5. The Labute approximate surface area is 98.1 Å². The minimum absolute atomic E-state index is 0.0309. The highest BCUT2D eigenvalue weighted by molar-refractivity contribution is 5.77. The number of piperidine rings is 1. The maximum Gasteiger partial charge on any atom is 0.246 e. The quantitative estimate of drug-likeness (QED) is 0.641. The van der Waals surface area contributed by atoms with E-state index < -0.39 is 0 Å². The van der Waals surface area contributed by atoms with Crippen LogP contribution in [0.15, 0.2) is 0 Å². The van der Waals surface area contributed by atoms with Gasteiger partial charge in [-0.2, -0.15) is 0 Å². The monoisotopic (exact) mass is 228 g/mol. The third-order valence-electron chi connectivity index (χ3n) is 2.83. The van der Waals surface area contributed by atoms with Gasteiger partial charge in [0.05, 0.1) is 0 Å². The van der Waals surface area contributed by atoms with Crippen molar-refractivity contribution in [1.82, 2.24) is 10.6 Å². The number of ether oxygens (including phenoxy) is 1. The van der Waals surface area contributed by atoms with Crippen LogP contribution in [0.4, 0.5) is 0 Å². The van der Waals surface area contributed by atoms with Crippen molar-refractivity contribution in [3.63, 3.8) is 0 Å². The summed E-state index contributed by atoms with van der Waals surface area (Å²) in [5.74, 6) is 0.0309. The van der Waals surface area contributed by atoms with Gasteiger partial charge in [0.1, 0.15) is 6.61 Å². The zero-order valence-electron chi connectivity index (χ0n) is 10.3. The van der Waals surface area contributed by atoms with Gasteiger partial charge in [0.25, 0.3) is 0 Å². The van der Waals surface area contributed by atoms with Crippen LogP contribution in [-0.2, 0) is 9.53 Å². The van der Waals surface area contributed by atoms with Gasteiger partial charge in [-0.25, -0.2) is 0 Å². The molecule has 0 aromatic carbocycles. The van der Waals surface area contributed by atoms with Crippen molar-refractivity contribution in [3.8, 4) is 0 Å². The molecule has 1 saturated heterocycles. The van der Waals surface area contributed by atoms with Crippen LogP contribution >= 0.6 is 0 Å². The van der Waals surface area contributed by atoms with Gasteiger partial charge in [-0.05, 0) is 32.4 Å². The number of carbonyl (C=O) groups excluding carboxylic acids is 1. The normalized spacial score (nSPS) is 17.3. The highest BCUT2D eigenvalue weighted by Gasteiger charge is 2.14. The summed E-state index contributed by atoms with van der Waals surface area (Å²) in [7, 11) is 0. The molecule has 0 radical (unpaired) electrons. The van der Waals surface area contributed by atoms with E-state index in [1.54, 1.807) is 0 Å². The van der Waals surface area contributed by atoms with Crippen LogP contribution in [0.3, 0.4) is 0 Å². The number of carbonyl (C=O) groups is 1. The molecule has 1 rings (SSSR count). The lowest BCUT2D eigenvalue weighted by Crippen LogP contribution is -2.43. The Hall–Kier alpha value is -0.610. The lowest BCUT2D eigenvalue weighted by atomic mass is 10.1. The second kappa shape index (κ2) is 8.53. The molecule has 0 bridgehead atoms. The fourth-order valence-electron chi connectivity index (χ4n) is 1.85. The summed E-state index contributed by atoms with van der Waals surface area (Å²) in [5.41, 5.74) is 0. The smallest absolute Gasteiger partial charge is 0.246 e. The van der Waals surface area contributed by atoms with Crippen molar-refractivity contribution in [1.29, 1.82) is 0 Å². The van der Waals surface area contributed by atoms with Gasteiger partial charge in [-0.3, -0.25) is 4.79 Å². The minimum atomic E-state index is 0.0309. The average molecular weight is 228 g/mol. The molecule has 1 aliphatic heterocycles. The maximum absolute atomic E-state index is 11.5.